The van der Waals surface area contributed by atoms with E-state index >= 15 is 0 Å². The summed E-state index contributed by atoms with van der Waals surface area (Å²) in [6.45, 7) is 2.90. The number of hydrogen-bond donors (Lipinski definition) is 3. The zero-order valence-corrected chi connectivity index (χ0v) is 14.5. The van der Waals surface area contributed by atoms with E-state index in [-0.39, 0.29) is 12.1 Å². The van der Waals surface area contributed by atoms with Crippen LogP contribution < -0.4 is 11.1 Å². The van der Waals surface area contributed by atoms with Crippen LogP contribution in [0.2, 0.25) is 0 Å². The number of allylic oxidation sites excluding steroid dienone is 7. The Morgan fingerprint density at radius 3 is 2.22 bits per heavy atom. The number of nitrogens with one attached hydrogen (secondary N) is 1. The number of aliphatic hydroxyl groups is 1. The highest BCUT2D eigenvalue weighted by atomic mass is 16.3. The Bertz CT molecular complexity index is 398. The highest BCUT2D eigenvalue weighted by molar-refractivity contribution is 5.08. The van der Waals surface area contributed by atoms with Crippen molar-refractivity contribution in [1.29, 1.82) is 0 Å². The van der Waals surface area contributed by atoms with Crippen molar-refractivity contribution in [2.75, 3.05) is 6.54 Å². The molecular formula is C20H34N2O. The van der Waals surface area contributed by atoms with E-state index in [2.05, 4.69) is 60.8 Å². The molecule has 3 atom stereocenters. The summed E-state index contributed by atoms with van der Waals surface area (Å²) in [7, 11) is 0. The van der Waals surface area contributed by atoms with Gasteiger partial charge in [-0.05, 0) is 32.1 Å². The maximum atomic E-state index is 9.72. The van der Waals surface area contributed by atoms with Crippen molar-refractivity contribution in [2.24, 2.45) is 5.73 Å². The Kier molecular flexibility index (Phi) is 11.5. The fourth-order valence-electron chi connectivity index (χ4n) is 2.49. The van der Waals surface area contributed by atoms with Crippen LogP contribution in [0.4, 0.5) is 0 Å². The smallest absolute Gasteiger partial charge is 0.0721 e. The summed E-state index contributed by atoms with van der Waals surface area (Å²) < 4.78 is 0. The fraction of sp³-hybridized carbons (Fsp3) is 0.600. The van der Waals surface area contributed by atoms with Crippen molar-refractivity contribution in [3.63, 3.8) is 0 Å². The summed E-state index contributed by atoms with van der Waals surface area (Å²) in [5.74, 6) is 0. The van der Waals surface area contributed by atoms with E-state index in [9.17, 15) is 5.11 Å². The lowest BCUT2D eigenvalue weighted by molar-refractivity contribution is 0.105. The molecule has 0 radical (unpaired) electrons. The summed E-state index contributed by atoms with van der Waals surface area (Å²) in [6.07, 6.45) is 24.7. The molecule has 1 rings (SSSR count). The average Bonchev–Trinajstić information content (AvgIpc) is 2.55. The molecule has 3 heteroatoms. The van der Waals surface area contributed by atoms with E-state index in [4.69, 9.17) is 5.73 Å². The van der Waals surface area contributed by atoms with Gasteiger partial charge in [-0.3, -0.25) is 0 Å². The van der Waals surface area contributed by atoms with Crippen LogP contribution >= 0.6 is 0 Å². The zero-order chi connectivity index (χ0) is 16.8. The summed E-state index contributed by atoms with van der Waals surface area (Å²) in [5, 5.41) is 13.0. The van der Waals surface area contributed by atoms with Gasteiger partial charge in [0.15, 0.2) is 0 Å². The van der Waals surface area contributed by atoms with E-state index in [0.717, 1.165) is 12.8 Å². The van der Waals surface area contributed by atoms with Gasteiger partial charge in [0.25, 0.3) is 0 Å². The minimum Gasteiger partial charge on any atom is -0.391 e. The lowest BCUT2D eigenvalue weighted by Gasteiger charge is -2.30. The van der Waals surface area contributed by atoms with Crippen molar-refractivity contribution >= 4 is 0 Å². The van der Waals surface area contributed by atoms with Gasteiger partial charge in [-0.1, -0.05) is 68.4 Å². The molecule has 0 saturated carbocycles. The van der Waals surface area contributed by atoms with Gasteiger partial charge in [0.05, 0.1) is 6.10 Å². The lowest BCUT2D eigenvalue weighted by atomic mass is 9.98. The molecule has 0 spiro atoms. The van der Waals surface area contributed by atoms with E-state index in [1.54, 1.807) is 0 Å². The van der Waals surface area contributed by atoms with Gasteiger partial charge >= 0.3 is 0 Å². The van der Waals surface area contributed by atoms with Crippen LogP contribution in [0, 0.1) is 0 Å². The lowest BCUT2D eigenvalue weighted by Crippen LogP contribution is -2.53. The van der Waals surface area contributed by atoms with E-state index < -0.39 is 6.10 Å². The second kappa shape index (κ2) is 13.3. The number of unbranched alkanes of at least 4 members (excludes halogenated alkanes) is 4. The molecule has 23 heavy (non-hydrogen) atoms. The Hall–Kier alpha value is -1.16. The molecule has 1 aliphatic rings. The molecule has 0 aromatic rings. The number of hydrogen-bond acceptors (Lipinski definition) is 3. The van der Waals surface area contributed by atoms with E-state index in [1.165, 1.54) is 25.7 Å². The molecule has 0 amide bonds. The first-order valence-corrected chi connectivity index (χ1v) is 9.06. The van der Waals surface area contributed by atoms with Gasteiger partial charge in [-0.15, -0.1) is 0 Å². The molecule has 4 N–H and O–H groups in total. The first-order valence-electron chi connectivity index (χ1n) is 9.06. The second-order valence-electron chi connectivity index (χ2n) is 6.22. The predicted octanol–water partition coefficient (Wildman–Crippen LogP) is 3.62. The van der Waals surface area contributed by atoms with Crippen LogP contribution in [0.5, 0.6) is 0 Å². The molecule has 0 bridgehead atoms. The topological polar surface area (TPSA) is 58.3 Å². The standard InChI is InChI=1S/C20H34N2O/c1-2-3-4-5-6-7-8-9-10-11-12-13-14-15-18-16-20(23)19(21)17-22-18/h5-8,12-15,18-20,22-23H,2-4,9-11,16-17,21H2,1H3/b6-5+,8-7+,13-12+,15-14+/t18-,19+,20-/m1/s1. The Labute approximate surface area is 142 Å². The molecule has 1 fully saturated rings. The third-order valence-electron chi connectivity index (χ3n) is 4.05. The molecule has 0 aromatic heterocycles. The number of piperidine rings is 1. The van der Waals surface area contributed by atoms with Crippen molar-refractivity contribution in [2.45, 2.75) is 70.1 Å². The van der Waals surface area contributed by atoms with Gasteiger partial charge < -0.3 is 16.2 Å². The monoisotopic (exact) mass is 318 g/mol. The van der Waals surface area contributed by atoms with Crippen LogP contribution in [0.15, 0.2) is 48.6 Å². The minimum absolute atomic E-state index is 0.135. The number of aliphatic hydroxyl groups excluding tert-OH is 1. The highest BCUT2D eigenvalue weighted by Crippen LogP contribution is 2.09. The predicted molar refractivity (Wildman–Crippen MR) is 100 cm³/mol. The third kappa shape index (κ3) is 10.3. The molecule has 1 aliphatic heterocycles. The maximum absolute atomic E-state index is 9.72. The molecule has 3 nitrogen and oxygen atoms in total. The SMILES string of the molecule is CCCC/C=C/C=C/CCC/C=C/C=C/[C@@H]1C[C@@H](O)[C@@H](N)CN1. The normalized spacial score (nSPS) is 26.3. The Balaban J connectivity index is 2.03. The molecule has 0 aliphatic carbocycles. The molecular weight excluding hydrogens is 284 g/mol. The van der Waals surface area contributed by atoms with Crippen molar-refractivity contribution in [3.05, 3.63) is 48.6 Å². The molecule has 0 unspecified atom stereocenters. The first-order chi connectivity index (χ1) is 11.2. The van der Waals surface area contributed by atoms with Crippen LogP contribution in [0.3, 0.4) is 0 Å². The molecule has 1 heterocycles. The van der Waals surface area contributed by atoms with Crippen LogP contribution in [-0.2, 0) is 0 Å². The Morgan fingerprint density at radius 2 is 1.61 bits per heavy atom. The van der Waals surface area contributed by atoms with Crippen LogP contribution in [0.25, 0.3) is 0 Å². The maximum Gasteiger partial charge on any atom is 0.0721 e. The zero-order valence-electron chi connectivity index (χ0n) is 14.5. The van der Waals surface area contributed by atoms with E-state index in [1.807, 2.05) is 0 Å². The van der Waals surface area contributed by atoms with Crippen LogP contribution in [0.1, 0.15) is 51.9 Å². The largest absolute Gasteiger partial charge is 0.391 e. The van der Waals surface area contributed by atoms with Gasteiger partial charge in [-0.2, -0.15) is 0 Å². The average molecular weight is 319 g/mol. The molecule has 1 saturated heterocycles. The number of nitrogens with two attached hydrogens (primary N) is 1. The van der Waals surface area contributed by atoms with Crippen LogP contribution in [-0.4, -0.2) is 29.8 Å². The van der Waals surface area contributed by atoms with Gasteiger partial charge in [-0.25, -0.2) is 0 Å². The highest BCUT2D eigenvalue weighted by Gasteiger charge is 2.23. The molecule has 0 aromatic carbocycles. The number of rotatable bonds is 10. The second-order valence-corrected chi connectivity index (χ2v) is 6.22. The summed E-state index contributed by atoms with van der Waals surface area (Å²) >= 11 is 0. The minimum atomic E-state index is -0.391. The van der Waals surface area contributed by atoms with Crippen molar-refractivity contribution in [1.82, 2.24) is 5.32 Å². The molecule has 130 valence electrons. The van der Waals surface area contributed by atoms with Gasteiger partial charge in [0, 0.05) is 18.6 Å². The Morgan fingerprint density at radius 1 is 1.00 bits per heavy atom. The summed E-state index contributed by atoms with van der Waals surface area (Å²) in [4.78, 5) is 0. The van der Waals surface area contributed by atoms with Crippen molar-refractivity contribution in [3.8, 4) is 0 Å². The summed E-state index contributed by atoms with van der Waals surface area (Å²) in [5.41, 5.74) is 5.75. The summed E-state index contributed by atoms with van der Waals surface area (Å²) in [6, 6.07) is 0.0987. The van der Waals surface area contributed by atoms with Crippen molar-refractivity contribution < 1.29 is 5.11 Å². The van der Waals surface area contributed by atoms with Gasteiger partial charge in [0.1, 0.15) is 0 Å². The quantitative estimate of drug-likeness (QED) is 0.426. The van der Waals surface area contributed by atoms with E-state index in [0.29, 0.717) is 13.0 Å². The van der Waals surface area contributed by atoms with Gasteiger partial charge in [0.2, 0.25) is 0 Å². The third-order valence-corrected chi connectivity index (χ3v) is 4.05. The fourth-order valence-corrected chi connectivity index (χ4v) is 2.49. The first kappa shape index (κ1) is 19.9.